The van der Waals surface area contributed by atoms with Crippen LogP contribution >= 0.6 is 15.9 Å². The maximum absolute atomic E-state index is 13.7. The van der Waals surface area contributed by atoms with E-state index < -0.39 is 27.3 Å². The molecule has 0 aliphatic carbocycles. The number of hydrogen-bond acceptors (Lipinski definition) is 4. The van der Waals surface area contributed by atoms with Gasteiger partial charge in [0, 0.05) is 24.3 Å². The van der Waals surface area contributed by atoms with Crippen LogP contribution in [-0.4, -0.2) is 27.6 Å². The zero-order valence-electron chi connectivity index (χ0n) is 11.8. The third-order valence-electron chi connectivity index (χ3n) is 2.95. The van der Waals surface area contributed by atoms with E-state index in [4.69, 9.17) is 0 Å². The fourth-order valence-corrected chi connectivity index (χ4v) is 3.85. The number of phenols is 1. The largest absolute Gasteiger partial charge is 0.506 e. The molecule has 0 radical (unpaired) electrons. The van der Waals surface area contributed by atoms with Gasteiger partial charge < -0.3 is 10.0 Å². The van der Waals surface area contributed by atoms with Crippen LogP contribution in [0.1, 0.15) is 0 Å². The van der Waals surface area contributed by atoms with Crippen molar-refractivity contribution in [2.75, 3.05) is 23.7 Å². The predicted molar refractivity (Wildman–Crippen MR) is 87.3 cm³/mol. The summed E-state index contributed by atoms with van der Waals surface area (Å²) >= 11 is 3.17. The van der Waals surface area contributed by atoms with Gasteiger partial charge in [-0.25, -0.2) is 12.8 Å². The van der Waals surface area contributed by atoms with Crippen molar-refractivity contribution < 1.29 is 17.9 Å². The Morgan fingerprint density at radius 3 is 2.50 bits per heavy atom. The molecule has 0 fully saturated rings. The number of sulfonamides is 1. The van der Waals surface area contributed by atoms with E-state index in [1.165, 1.54) is 18.2 Å². The van der Waals surface area contributed by atoms with Gasteiger partial charge >= 0.3 is 0 Å². The monoisotopic (exact) mass is 388 g/mol. The van der Waals surface area contributed by atoms with Crippen molar-refractivity contribution in [3.8, 4) is 5.75 Å². The number of rotatable bonds is 4. The molecule has 0 bridgehead atoms. The van der Waals surface area contributed by atoms with E-state index in [9.17, 15) is 17.9 Å². The highest BCUT2D eigenvalue weighted by molar-refractivity contribution is 9.10. The van der Waals surface area contributed by atoms with Crippen LogP contribution in [0.4, 0.5) is 15.8 Å². The summed E-state index contributed by atoms with van der Waals surface area (Å²) in [5.41, 5.74) is 0.186. The normalized spacial score (nSPS) is 11.3. The van der Waals surface area contributed by atoms with Crippen molar-refractivity contribution in [2.24, 2.45) is 0 Å². The average molecular weight is 389 g/mol. The highest BCUT2D eigenvalue weighted by Gasteiger charge is 2.22. The molecule has 0 atom stereocenters. The lowest BCUT2D eigenvalue weighted by molar-refractivity contribution is 0.472. The number of hydrogen-bond donors (Lipinski definition) is 2. The van der Waals surface area contributed by atoms with Gasteiger partial charge in [-0.1, -0.05) is 6.07 Å². The smallest absolute Gasteiger partial charge is 0.263 e. The van der Waals surface area contributed by atoms with Crippen LogP contribution in [-0.2, 0) is 10.0 Å². The molecule has 2 aromatic rings. The number of aromatic hydroxyl groups is 1. The van der Waals surface area contributed by atoms with E-state index in [2.05, 4.69) is 20.7 Å². The number of para-hydroxylation sites is 1. The fourth-order valence-electron chi connectivity index (χ4n) is 1.78. The molecule has 0 aliphatic rings. The van der Waals surface area contributed by atoms with Gasteiger partial charge in [-0.2, -0.15) is 0 Å². The number of nitrogens with zero attached hydrogens (tertiary/aromatic N) is 1. The quantitative estimate of drug-likeness (QED) is 0.789. The van der Waals surface area contributed by atoms with Gasteiger partial charge in [-0.3, -0.25) is 4.72 Å². The lowest BCUT2D eigenvalue weighted by Gasteiger charge is -2.16. The van der Waals surface area contributed by atoms with Crippen LogP contribution < -0.4 is 9.62 Å². The average Bonchev–Trinajstić information content (AvgIpc) is 2.43. The first kappa shape index (κ1) is 16.6. The predicted octanol–water partition coefficient (Wildman–Crippen LogP) is 3.16. The van der Waals surface area contributed by atoms with E-state index in [-0.39, 0.29) is 4.90 Å². The Morgan fingerprint density at radius 2 is 1.91 bits per heavy atom. The van der Waals surface area contributed by atoms with Crippen LogP contribution in [0.15, 0.2) is 45.8 Å². The number of benzene rings is 2. The van der Waals surface area contributed by atoms with Crippen molar-refractivity contribution in [3.63, 3.8) is 0 Å². The molecule has 2 aromatic carbocycles. The van der Waals surface area contributed by atoms with Gasteiger partial charge in [0.15, 0.2) is 5.82 Å². The molecule has 22 heavy (non-hydrogen) atoms. The minimum Gasteiger partial charge on any atom is -0.506 e. The van der Waals surface area contributed by atoms with Crippen LogP contribution in [0.2, 0.25) is 0 Å². The molecule has 0 heterocycles. The van der Waals surface area contributed by atoms with E-state index in [0.29, 0.717) is 10.2 Å². The number of phenolic OH excluding ortho intramolecular Hbond substituents is 1. The first-order chi connectivity index (χ1) is 10.2. The second-order valence-electron chi connectivity index (χ2n) is 4.75. The molecule has 0 saturated carbocycles. The Hall–Kier alpha value is -1.80. The first-order valence-electron chi connectivity index (χ1n) is 6.19. The second kappa shape index (κ2) is 6.13. The molecule has 0 aromatic heterocycles. The molecule has 118 valence electrons. The maximum Gasteiger partial charge on any atom is 0.263 e. The summed E-state index contributed by atoms with van der Waals surface area (Å²) in [6.07, 6.45) is 0. The molecular formula is C14H14BrFN2O3S. The van der Waals surface area contributed by atoms with Crippen LogP contribution in [0.25, 0.3) is 0 Å². The third-order valence-corrected chi connectivity index (χ3v) is 5.29. The van der Waals surface area contributed by atoms with Crippen molar-refractivity contribution in [1.29, 1.82) is 0 Å². The van der Waals surface area contributed by atoms with Gasteiger partial charge in [0.2, 0.25) is 0 Å². The van der Waals surface area contributed by atoms with E-state index in [0.717, 1.165) is 6.07 Å². The summed E-state index contributed by atoms with van der Waals surface area (Å²) in [5.74, 6) is -1.34. The van der Waals surface area contributed by atoms with Crippen molar-refractivity contribution in [1.82, 2.24) is 0 Å². The topological polar surface area (TPSA) is 69.6 Å². The first-order valence-corrected chi connectivity index (χ1v) is 8.47. The van der Waals surface area contributed by atoms with E-state index in [1.54, 1.807) is 31.1 Å². The molecule has 8 heteroatoms. The highest BCUT2D eigenvalue weighted by atomic mass is 79.9. The summed E-state index contributed by atoms with van der Waals surface area (Å²) in [6.45, 7) is 0. The van der Waals surface area contributed by atoms with Crippen molar-refractivity contribution in [3.05, 3.63) is 46.7 Å². The summed E-state index contributed by atoms with van der Waals surface area (Å²) < 4.78 is 41.0. The number of anilines is 2. The zero-order valence-corrected chi connectivity index (χ0v) is 14.2. The van der Waals surface area contributed by atoms with Crippen LogP contribution in [0.5, 0.6) is 5.75 Å². The summed E-state index contributed by atoms with van der Waals surface area (Å²) in [4.78, 5) is 1.69. The van der Waals surface area contributed by atoms with Crippen molar-refractivity contribution >= 4 is 37.3 Å². The number of halogens is 2. The Bertz CT molecular complexity index is 789. The Morgan fingerprint density at radius 1 is 1.23 bits per heavy atom. The summed E-state index contributed by atoms with van der Waals surface area (Å²) in [5, 5.41) is 9.63. The minimum absolute atomic E-state index is 0.0543. The van der Waals surface area contributed by atoms with Gasteiger partial charge in [0.05, 0.1) is 0 Å². The second-order valence-corrected chi connectivity index (χ2v) is 7.25. The SMILES string of the molecule is CN(C)c1ccc(Br)c(S(=O)(=O)Nc2c(O)cccc2F)c1. The van der Waals surface area contributed by atoms with E-state index >= 15 is 0 Å². The van der Waals surface area contributed by atoms with E-state index in [1.807, 2.05) is 0 Å². The molecule has 2 N–H and O–H groups in total. The molecule has 0 aliphatic heterocycles. The zero-order chi connectivity index (χ0) is 16.5. The molecule has 0 spiro atoms. The van der Waals surface area contributed by atoms with Crippen LogP contribution in [0, 0.1) is 5.82 Å². The molecule has 0 amide bonds. The molecule has 2 rings (SSSR count). The molecular weight excluding hydrogens is 375 g/mol. The van der Waals surface area contributed by atoms with Gasteiger partial charge in [0.25, 0.3) is 10.0 Å². The van der Waals surface area contributed by atoms with Gasteiger partial charge in [-0.15, -0.1) is 0 Å². The van der Waals surface area contributed by atoms with Gasteiger partial charge in [0.1, 0.15) is 16.3 Å². The Balaban J connectivity index is 2.49. The fraction of sp³-hybridized carbons (Fsp3) is 0.143. The highest BCUT2D eigenvalue weighted by Crippen LogP contribution is 2.32. The Labute approximate surface area is 136 Å². The number of nitrogens with one attached hydrogen (secondary N) is 1. The summed E-state index contributed by atoms with van der Waals surface area (Å²) in [6, 6.07) is 8.32. The van der Waals surface area contributed by atoms with Gasteiger partial charge in [-0.05, 0) is 46.3 Å². The molecule has 0 saturated heterocycles. The molecule has 0 unspecified atom stereocenters. The Kier molecular flexibility index (Phi) is 4.62. The van der Waals surface area contributed by atoms with Crippen LogP contribution in [0.3, 0.4) is 0 Å². The lowest BCUT2D eigenvalue weighted by atomic mass is 10.3. The third kappa shape index (κ3) is 3.33. The standard InChI is InChI=1S/C14H14BrFN2O3S/c1-18(2)9-6-7-10(15)13(8-9)22(20,21)17-14-11(16)4-3-5-12(14)19/h3-8,17,19H,1-2H3. The molecule has 5 nitrogen and oxygen atoms in total. The minimum atomic E-state index is -4.07. The lowest BCUT2D eigenvalue weighted by Crippen LogP contribution is -2.16. The summed E-state index contributed by atoms with van der Waals surface area (Å²) in [7, 11) is -0.521. The van der Waals surface area contributed by atoms with Crippen molar-refractivity contribution in [2.45, 2.75) is 4.90 Å². The maximum atomic E-state index is 13.7.